The van der Waals surface area contributed by atoms with Gasteiger partial charge >= 0.3 is 0 Å². The molecule has 0 aliphatic rings. The number of unbranched alkanes of at least 4 members (excludes halogenated alkanes) is 2. The SMILES string of the molecule is CCCCCC(NC)c1c(F)cc(Br)cc1F. The maximum atomic E-state index is 13.7. The van der Waals surface area contributed by atoms with Gasteiger partial charge in [0.05, 0.1) is 0 Å². The van der Waals surface area contributed by atoms with Gasteiger partial charge in [-0.25, -0.2) is 8.78 Å². The van der Waals surface area contributed by atoms with Crippen LogP contribution < -0.4 is 5.32 Å². The quantitative estimate of drug-likeness (QED) is 0.759. The third-order valence-electron chi connectivity index (χ3n) is 2.84. The molecule has 1 aromatic rings. The molecule has 0 heterocycles. The molecular weight excluding hydrogens is 288 g/mol. The molecule has 0 aromatic heterocycles. The van der Waals surface area contributed by atoms with Crippen molar-refractivity contribution in [2.75, 3.05) is 7.05 Å². The highest BCUT2D eigenvalue weighted by Crippen LogP contribution is 2.27. The molecule has 0 aliphatic heterocycles. The van der Waals surface area contributed by atoms with Crippen molar-refractivity contribution < 1.29 is 8.78 Å². The highest BCUT2D eigenvalue weighted by Gasteiger charge is 2.19. The molecule has 17 heavy (non-hydrogen) atoms. The minimum atomic E-state index is -0.493. The van der Waals surface area contributed by atoms with Gasteiger partial charge in [-0.15, -0.1) is 0 Å². The Morgan fingerprint density at radius 2 is 1.82 bits per heavy atom. The molecule has 96 valence electrons. The third-order valence-corrected chi connectivity index (χ3v) is 3.29. The monoisotopic (exact) mass is 305 g/mol. The smallest absolute Gasteiger partial charge is 0.132 e. The summed E-state index contributed by atoms with van der Waals surface area (Å²) in [6, 6.07) is 2.36. The van der Waals surface area contributed by atoms with Crippen LogP contribution in [-0.4, -0.2) is 7.05 Å². The number of rotatable bonds is 6. The first-order valence-electron chi connectivity index (χ1n) is 5.91. The maximum Gasteiger partial charge on any atom is 0.132 e. The third kappa shape index (κ3) is 4.03. The van der Waals surface area contributed by atoms with Crippen LogP contribution in [-0.2, 0) is 0 Å². The van der Waals surface area contributed by atoms with Crippen molar-refractivity contribution in [2.45, 2.75) is 38.6 Å². The molecular formula is C13H18BrF2N. The second-order valence-electron chi connectivity index (χ2n) is 4.12. The summed E-state index contributed by atoms with van der Waals surface area (Å²) < 4.78 is 27.9. The van der Waals surface area contributed by atoms with Crippen molar-refractivity contribution in [1.82, 2.24) is 5.32 Å². The van der Waals surface area contributed by atoms with Crippen LogP contribution in [0.15, 0.2) is 16.6 Å². The Kier molecular flexibility index (Phi) is 6.06. The summed E-state index contributed by atoms with van der Waals surface area (Å²) in [4.78, 5) is 0. The van der Waals surface area contributed by atoms with E-state index >= 15 is 0 Å². The summed E-state index contributed by atoms with van der Waals surface area (Å²) in [6.07, 6.45) is 3.90. The van der Waals surface area contributed by atoms with Gasteiger partial charge in [-0.1, -0.05) is 42.1 Å². The lowest BCUT2D eigenvalue weighted by molar-refractivity contribution is 0.455. The summed E-state index contributed by atoms with van der Waals surface area (Å²) in [6.45, 7) is 2.11. The lowest BCUT2D eigenvalue weighted by Gasteiger charge is -2.18. The van der Waals surface area contributed by atoms with E-state index in [0.717, 1.165) is 25.7 Å². The Balaban J connectivity index is 2.87. The fraction of sp³-hybridized carbons (Fsp3) is 0.538. The van der Waals surface area contributed by atoms with Crippen LogP contribution in [0.3, 0.4) is 0 Å². The summed E-state index contributed by atoms with van der Waals surface area (Å²) in [5.74, 6) is -0.986. The van der Waals surface area contributed by atoms with Crippen LogP contribution in [0.25, 0.3) is 0 Å². The summed E-state index contributed by atoms with van der Waals surface area (Å²) in [5, 5.41) is 2.98. The minimum Gasteiger partial charge on any atom is -0.313 e. The van der Waals surface area contributed by atoms with E-state index < -0.39 is 11.6 Å². The van der Waals surface area contributed by atoms with E-state index in [1.807, 2.05) is 0 Å². The van der Waals surface area contributed by atoms with E-state index in [-0.39, 0.29) is 11.6 Å². The number of hydrogen-bond donors (Lipinski definition) is 1. The van der Waals surface area contributed by atoms with E-state index in [1.54, 1.807) is 7.05 Å². The number of halogens is 3. The topological polar surface area (TPSA) is 12.0 Å². The normalized spacial score (nSPS) is 12.8. The zero-order valence-electron chi connectivity index (χ0n) is 10.2. The Bertz CT molecular complexity index is 345. The highest BCUT2D eigenvalue weighted by atomic mass is 79.9. The van der Waals surface area contributed by atoms with E-state index in [4.69, 9.17) is 0 Å². The van der Waals surface area contributed by atoms with E-state index in [2.05, 4.69) is 28.2 Å². The maximum absolute atomic E-state index is 13.7. The molecule has 1 N–H and O–H groups in total. The van der Waals surface area contributed by atoms with Crippen LogP contribution >= 0.6 is 15.9 Å². The largest absolute Gasteiger partial charge is 0.313 e. The zero-order chi connectivity index (χ0) is 12.8. The molecule has 1 rings (SSSR count). The van der Waals surface area contributed by atoms with Crippen LogP contribution in [0.4, 0.5) is 8.78 Å². The van der Waals surface area contributed by atoms with Crippen molar-refractivity contribution in [3.63, 3.8) is 0 Å². The van der Waals surface area contributed by atoms with Gasteiger partial charge in [-0.05, 0) is 25.6 Å². The Morgan fingerprint density at radius 1 is 1.24 bits per heavy atom. The van der Waals surface area contributed by atoms with Gasteiger partial charge in [-0.3, -0.25) is 0 Å². The predicted octanol–water partition coefficient (Wildman–Crippen LogP) is 4.57. The van der Waals surface area contributed by atoms with Crippen LogP contribution in [0.1, 0.15) is 44.2 Å². The van der Waals surface area contributed by atoms with Gasteiger partial charge in [0.15, 0.2) is 0 Å². The number of nitrogens with one attached hydrogen (secondary N) is 1. The zero-order valence-corrected chi connectivity index (χ0v) is 11.8. The van der Waals surface area contributed by atoms with Crippen molar-refractivity contribution in [1.29, 1.82) is 0 Å². The molecule has 0 saturated carbocycles. The second kappa shape index (κ2) is 7.07. The van der Waals surface area contributed by atoms with Crippen LogP contribution in [0, 0.1) is 11.6 Å². The molecule has 4 heteroatoms. The van der Waals surface area contributed by atoms with Crippen LogP contribution in [0.5, 0.6) is 0 Å². The van der Waals surface area contributed by atoms with Crippen molar-refractivity contribution in [2.24, 2.45) is 0 Å². The fourth-order valence-electron chi connectivity index (χ4n) is 1.92. The van der Waals surface area contributed by atoms with Gasteiger partial charge in [0.2, 0.25) is 0 Å². The first kappa shape index (κ1) is 14.6. The molecule has 0 aliphatic carbocycles. The molecule has 1 aromatic carbocycles. The van der Waals surface area contributed by atoms with Gasteiger partial charge in [0.1, 0.15) is 11.6 Å². The molecule has 0 fully saturated rings. The van der Waals surface area contributed by atoms with Crippen molar-refractivity contribution >= 4 is 15.9 Å². The summed E-state index contributed by atoms with van der Waals surface area (Å²) in [5.41, 5.74) is 0.145. The Hall–Kier alpha value is -0.480. The number of hydrogen-bond acceptors (Lipinski definition) is 1. The second-order valence-corrected chi connectivity index (χ2v) is 5.04. The lowest BCUT2D eigenvalue weighted by atomic mass is 9.99. The number of benzene rings is 1. The van der Waals surface area contributed by atoms with E-state index in [0.29, 0.717) is 4.47 Å². The molecule has 0 radical (unpaired) electrons. The molecule has 1 unspecified atom stereocenters. The van der Waals surface area contributed by atoms with Crippen molar-refractivity contribution in [3.8, 4) is 0 Å². The minimum absolute atomic E-state index is 0.145. The molecule has 0 amide bonds. The predicted molar refractivity (Wildman–Crippen MR) is 70.0 cm³/mol. The van der Waals surface area contributed by atoms with Gasteiger partial charge < -0.3 is 5.32 Å². The molecule has 1 nitrogen and oxygen atoms in total. The fourth-order valence-corrected chi connectivity index (χ4v) is 2.32. The molecule has 0 spiro atoms. The lowest BCUT2D eigenvalue weighted by Crippen LogP contribution is -2.19. The molecule has 0 saturated heterocycles. The Labute approximate surface area is 110 Å². The standard InChI is InChI=1S/C13H18BrF2N/c1-3-4-5-6-12(17-2)13-10(15)7-9(14)8-11(13)16/h7-8,12,17H,3-6H2,1-2H3. The average molecular weight is 306 g/mol. The molecule has 0 bridgehead atoms. The summed E-state index contributed by atoms with van der Waals surface area (Å²) >= 11 is 3.08. The van der Waals surface area contributed by atoms with Gasteiger partial charge in [-0.2, -0.15) is 0 Å². The van der Waals surface area contributed by atoms with Crippen LogP contribution in [0.2, 0.25) is 0 Å². The highest BCUT2D eigenvalue weighted by molar-refractivity contribution is 9.10. The van der Waals surface area contributed by atoms with Gasteiger partial charge in [0.25, 0.3) is 0 Å². The molecule has 1 atom stereocenters. The average Bonchev–Trinajstić information content (AvgIpc) is 2.25. The summed E-state index contributed by atoms with van der Waals surface area (Å²) in [7, 11) is 1.73. The van der Waals surface area contributed by atoms with Crippen molar-refractivity contribution in [3.05, 3.63) is 33.8 Å². The van der Waals surface area contributed by atoms with E-state index in [1.165, 1.54) is 12.1 Å². The van der Waals surface area contributed by atoms with Gasteiger partial charge in [0, 0.05) is 16.1 Å². The Morgan fingerprint density at radius 3 is 2.29 bits per heavy atom. The first-order valence-corrected chi connectivity index (χ1v) is 6.71. The van der Waals surface area contributed by atoms with E-state index in [9.17, 15) is 8.78 Å². The first-order chi connectivity index (χ1) is 8.10.